The summed E-state index contributed by atoms with van der Waals surface area (Å²) < 4.78 is 29.8. The molecule has 0 aliphatic heterocycles. The van der Waals surface area contributed by atoms with E-state index in [2.05, 4.69) is 14.9 Å². The Balaban J connectivity index is 1.72. The van der Waals surface area contributed by atoms with E-state index in [1.54, 1.807) is 36.7 Å². The molecule has 0 spiro atoms. The first kappa shape index (κ1) is 17.1. The molecule has 0 aliphatic carbocycles. The topological polar surface area (TPSA) is 98.9 Å². The lowest BCUT2D eigenvalue weighted by atomic mass is 10.2. The second-order valence-electron chi connectivity index (χ2n) is 5.42. The maximum atomic E-state index is 12.3. The molecule has 0 bridgehead atoms. The molecule has 0 radical (unpaired) electrons. The minimum absolute atomic E-state index is 0.0474. The molecule has 1 aromatic carbocycles. The Morgan fingerprint density at radius 2 is 2.00 bits per heavy atom. The third-order valence-corrected chi connectivity index (χ3v) is 4.97. The van der Waals surface area contributed by atoms with E-state index in [0.717, 1.165) is 5.56 Å². The number of sulfonamides is 1. The predicted octanol–water partition coefficient (Wildman–Crippen LogP) is 0.716. The molecule has 0 saturated heterocycles. The molecular weight excluding hydrogens is 342 g/mol. The monoisotopic (exact) mass is 359 g/mol. The number of hydrogen-bond donors (Lipinski definition) is 1. The fourth-order valence-corrected chi connectivity index (χ4v) is 3.40. The summed E-state index contributed by atoms with van der Waals surface area (Å²) in [5, 5.41) is 8.24. The number of aryl methyl sites for hydroxylation is 1. The van der Waals surface area contributed by atoms with Gasteiger partial charge in [-0.15, -0.1) is 5.10 Å². The number of benzene rings is 1. The lowest BCUT2D eigenvalue weighted by Crippen LogP contribution is -2.32. The second-order valence-corrected chi connectivity index (χ2v) is 7.18. The van der Waals surface area contributed by atoms with E-state index in [1.807, 2.05) is 13.0 Å². The lowest BCUT2D eigenvalue weighted by molar-refractivity contribution is 0.542. The molecule has 0 saturated carbocycles. The van der Waals surface area contributed by atoms with Crippen molar-refractivity contribution >= 4 is 10.0 Å². The zero-order chi connectivity index (χ0) is 17.9. The molecule has 0 unspecified atom stereocenters. The van der Waals surface area contributed by atoms with Crippen molar-refractivity contribution in [1.29, 1.82) is 0 Å². The summed E-state index contributed by atoms with van der Waals surface area (Å²) in [4.78, 5) is 12.1. The van der Waals surface area contributed by atoms with Crippen LogP contribution in [0, 0.1) is 6.92 Å². The quantitative estimate of drug-likeness (QED) is 0.699. The molecule has 130 valence electrons. The second kappa shape index (κ2) is 6.99. The van der Waals surface area contributed by atoms with Gasteiger partial charge in [0, 0.05) is 25.0 Å². The third kappa shape index (κ3) is 4.01. The maximum absolute atomic E-state index is 12.3. The summed E-state index contributed by atoms with van der Waals surface area (Å²) >= 11 is 0. The standard InChI is InChI=1S/C16H17N5O3S/c1-13-4-2-5-14(12-13)25(23,24)18-9-11-21-16(22)7-6-15(19-21)20-10-3-8-17-20/h2-8,10,12,18H,9,11H2,1H3. The zero-order valence-corrected chi connectivity index (χ0v) is 14.3. The molecule has 0 fully saturated rings. The highest BCUT2D eigenvalue weighted by atomic mass is 32.2. The van der Waals surface area contributed by atoms with Crippen molar-refractivity contribution in [2.75, 3.05) is 6.54 Å². The highest BCUT2D eigenvalue weighted by Crippen LogP contribution is 2.10. The summed E-state index contributed by atoms with van der Waals surface area (Å²) in [5.41, 5.74) is 0.540. The molecule has 1 N–H and O–H groups in total. The van der Waals surface area contributed by atoms with Gasteiger partial charge in [0.05, 0.1) is 11.4 Å². The molecule has 3 rings (SSSR count). The average Bonchev–Trinajstić information content (AvgIpc) is 3.11. The van der Waals surface area contributed by atoms with E-state index < -0.39 is 10.0 Å². The highest BCUT2D eigenvalue weighted by molar-refractivity contribution is 7.89. The van der Waals surface area contributed by atoms with Gasteiger partial charge in [0.15, 0.2) is 5.82 Å². The van der Waals surface area contributed by atoms with Gasteiger partial charge in [-0.25, -0.2) is 22.5 Å². The van der Waals surface area contributed by atoms with Crippen LogP contribution in [0.25, 0.3) is 5.82 Å². The van der Waals surface area contributed by atoms with E-state index in [4.69, 9.17) is 0 Å². The Labute approximate surface area is 144 Å². The SMILES string of the molecule is Cc1cccc(S(=O)(=O)NCCn2nc(-n3cccn3)ccc2=O)c1. The van der Waals surface area contributed by atoms with Crippen molar-refractivity contribution in [3.63, 3.8) is 0 Å². The van der Waals surface area contributed by atoms with Gasteiger partial charge in [0.25, 0.3) is 5.56 Å². The van der Waals surface area contributed by atoms with Crippen LogP contribution < -0.4 is 10.3 Å². The summed E-state index contributed by atoms with van der Waals surface area (Å²) in [7, 11) is -3.63. The summed E-state index contributed by atoms with van der Waals surface area (Å²) in [5.74, 6) is 0.478. The molecule has 3 aromatic rings. The minimum Gasteiger partial charge on any atom is -0.268 e. The van der Waals surface area contributed by atoms with Crippen LogP contribution in [-0.2, 0) is 16.6 Å². The molecule has 0 amide bonds. The fourth-order valence-electron chi connectivity index (χ4n) is 2.28. The smallest absolute Gasteiger partial charge is 0.266 e. The Morgan fingerprint density at radius 1 is 1.16 bits per heavy atom. The molecule has 8 nitrogen and oxygen atoms in total. The van der Waals surface area contributed by atoms with Crippen molar-refractivity contribution < 1.29 is 8.42 Å². The first-order chi connectivity index (χ1) is 12.0. The van der Waals surface area contributed by atoms with Gasteiger partial charge in [-0.05, 0) is 36.8 Å². The van der Waals surface area contributed by atoms with Crippen molar-refractivity contribution in [1.82, 2.24) is 24.3 Å². The normalized spacial score (nSPS) is 11.6. The number of aromatic nitrogens is 4. The van der Waals surface area contributed by atoms with Gasteiger partial charge in [-0.3, -0.25) is 4.79 Å². The molecule has 0 aliphatic rings. The van der Waals surface area contributed by atoms with Crippen LogP contribution >= 0.6 is 0 Å². The number of hydrogen-bond acceptors (Lipinski definition) is 5. The average molecular weight is 359 g/mol. The van der Waals surface area contributed by atoms with E-state index in [-0.39, 0.29) is 23.5 Å². The highest BCUT2D eigenvalue weighted by Gasteiger charge is 2.13. The maximum Gasteiger partial charge on any atom is 0.266 e. The van der Waals surface area contributed by atoms with Crippen LogP contribution in [0.3, 0.4) is 0 Å². The van der Waals surface area contributed by atoms with Gasteiger partial charge < -0.3 is 0 Å². The zero-order valence-electron chi connectivity index (χ0n) is 13.5. The molecule has 2 aromatic heterocycles. The van der Waals surface area contributed by atoms with Gasteiger partial charge in [-0.2, -0.15) is 5.10 Å². The molecule has 0 atom stereocenters. The number of nitrogens with one attached hydrogen (secondary N) is 1. The lowest BCUT2D eigenvalue weighted by Gasteiger charge is -2.09. The molecule has 2 heterocycles. The third-order valence-electron chi connectivity index (χ3n) is 3.51. The Hall–Kier alpha value is -2.78. The van der Waals surface area contributed by atoms with E-state index in [1.165, 1.54) is 21.5 Å². The van der Waals surface area contributed by atoms with Crippen LogP contribution in [-0.4, -0.2) is 34.5 Å². The van der Waals surface area contributed by atoms with Crippen LogP contribution in [0.15, 0.2) is 64.5 Å². The number of rotatable bonds is 6. The Morgan fingerprint density at radius 3 is 2.72 bits per heavy atom. The molecule has 25 heavy (non-hydrogen) atoms. The first-order valence-corrected chi connectivity index (χ1v) is 9.08. The van der Waals surface area contributed by atoms with Crippen molar-refractivity contribution in [2.45, 2.75) is 18.4 Å². The van der Waals surface area contributed by atoms with E-state index in [0.29, 0.717) is 5.82 Å². The fraction of sp³-hybridized carbons (Fsp3) is 0.188. The van der Waals surface area contributed by atoms with Crippen molar-refractivity contribution in [2.24, 2.45) is 0 Å². The molecular formula is C16H17N5O3S. The van der Waals surface area contributed by atoms with Gasteiger partial charge in [0.1, 0.15) is 0 Å². The predicted molar refractivity (Wildman–Crippen MR) is 92.0 cm³/mol. The minimum atomic E-state index is -3.63. The van der Waals surface area contributed by atoms with Crippen LogP contribution in [0.5, 0.6) is 0 Å². The Bertz CT molecular complexity index is 1030. The van der Waals surface area contributed by atoms with Crippen molar-refractivity contribution in [3.05, 3.63) is 70.8 Å². The Kier molecular flexibility index (Phi) is 4.77. The van der Waals surface area contributed by atoms with E-state index in [9.17, 15) is 13.2 Å². The summed E-state index contributed by atoms with van der Waals surface area (Å²) in [6.45, 7) is 1.98. The van der Waals surface area contributed by atoms with Gasteiger partial charge >= 0.3 is 0 Å². The van der Waals surface area contributed by atoms with Crippen LogP contribution in [0.2, 0.25) is 0 Å². The van der Waals surface area contributed by atoms with Gasteiger partial charge in [-0.1, -0.05) is 12.1 Å². The largest absolute Gasteiger partial charge is 0.268 e. The van der Waals surface area contributed by atoms with Gasteiger partial charge in [0.2, 0.25) is 10.0 Å². The number of nitrogens with zero attached hydrogens (tertiary/aromatic N) is 4. The van der Waals surface area contributed by atoms with Crippen LogP contribution in [0.1, 0.15) is 5.56 Å². The molecule has 9 heteroatoms. The van der Waals surface area contributed by atoms with E-state index >= 15 is 0 Å². The first-order valence-electron chi connectivity index (χ1n) is 7.60. The van der Waals surface area contributed by atoms with Crippen LogP contribution in [0.4, 0.5) is 0 Å². The summed E-state index contributed by atoms with van der Waals surface area (Å²) in [6, 6.07) is 11.3. The summed E-state index contributed by atoms with van der Waals surface area (Å²) in [6.07, 6.45) is 3.31. The van der Waals surface area contributed by atoms with Crippen molar-refractivity contribution in [3.8, 4) is 5.82 Å².